The molecular weight excluding hydrogens is 353 g/mol. The van der Waals surface area contributed by atoms with E-state index in [2.05, 4.69) is 15.4 Å². The Labute approximate surface area is 151 Å². The number of benzene rings is 1. The van der Waals surface area contributed by atoms with Crippen LogP contribution >= 0.6 is 11.3 Å². The van der Waals surface area contributed by atoms with Crippen LogP contribution in [0.5, 0.6) is 0 Å². The smallest absolute Gasteiger partial charge is 0.221 e. The average Bonchev–Trinajstić information content (AvgIpc) is 3.33. The molecule has 0 saturated heterocycles. The first-order valence-corrected chi connectivity index (χ1v) is 9.09. The summed E-state index contributed by atoms with van der Waals surface area (Å²) < 4.78 is 17.8. The average molecular weight is 367 g/mol. The number of rotatable bonds is 2. The van der Waals surface area contributed by atoms with Crippen molar-refractivity contribution >= 4 is 22.2 Å². The van der Waals surface area contributed by atoms with Gasteiger partial charge >= 0.3 is 0 Å². The zero-order chi connectivity index (χ0) is 17.7. The number of hydrogen-bond acceptors (Lipinski definition) is 4. The number of amides is 1. The minimum absolute atomic E-state index is 0.0762. The first-order chi connectivity index (χ1) is 12.7. The summed E-state index contributed by atoms with van der Waals surface area (Å²) in [7, 11) is 0. The van der Waals surface area contributed by atoms with Crippen molar-refractivity contribution in [3.63, 3.8) is 0 Å². The number of aromatic nitrogens is 4. The van der Waals surface area contributed by atoms with Crippen molar-refractivity contribution in [3.05, 3.63) is 71.0 Å². The number of carbonyl (C=O) groups excluding carboxylic acids is 1. The molecule has 1 atom stereocenters. The van der Waals surface area contributed by atoms with E-state index in [-0.39, 0.29) is 24.1 Å². The van der Waals surface area contributed by atoms with Gasteiger partial charge in [0.05, 0.1) is 23.6 Å². The number of nitrogens with one attached hydrogen (secondary N) is 1. The second-order valence-corrected chi connectivity index (χ2v) is 7.06. The first kappa shape index (κ1) is 15.3. The van der Waals surface area contributed by atoms with Crippen LogP contribution in [0.25, 0.3) is 10.6 Å². The van der Waals surface area contributed by atoms with E-state index in [1.54, 1.807) is 16.9 Å². The number of fused-ring (bicyclic) bond motifs is 3. The van der Waals surface area contributed by atoms with Crippen LogP contribution in [0.15, 0.2) is 48.2 Å². The lowest BCUT2D eigenvalue weighted by Crippen LogP contribution is -2.22. The Bertz CT molecular complexity index is 1110. The summed E-state index contributed by atoms with van der Waals surface area (Å²) in [5.74, 6) is -0.729. The van der Waals surface area contributed by atoms with E-state index < -0.39 is 0 Å². The fraction of sp³-hybridized carbons (Fsp3) is 0.167. The fourth-order valence-corrected chi connectivity index (χ4v) is 4.31. The van der Waals surface area contributed by atoms with E-state index in [0.717, 1.165) is 27.6 Å². The molecule has 0 unspecified atom stereocenters. The normalized spacial score (nSPS) is 17.1. The lowest BCUT2D eigenvalue weighted by molar-refractivity contribution is -0.121. The third kappa shape index (κ3) is 2.33. The maximum Gasteiger partial charge on any atom is 0.221 e. The molecule has 6 nitrogen and oxygen atoms in total. The van der Waals surface area contributed by atoms with Crippen molar-refractivity contribution in [2.45, 2.75) is 18.9 Å². The van der Waals surface area contributed by atoms with Gasteiger partial charge in [-0.3, -0.25) is 9.20 Å². The fourth-order valence-electron chi connectivity index (χ4n) is 3.57. The number of halogens is 1. The number of thiazole rings is 1. The maximum absolute atomic E-state index is 14.1. The number of hydrogen-bond donors (Lipinski definition) is 1. The molecule has 0 saturated carbocycles. The Morgan fingerprint density at radius 2 is 2.23 bits per heavy atom. The molecule has 0 aliphatic carbocycles. The maximum atomic E-state index is 14.1. The number of carbonyl (C=O) groups is 1. The standard InChI is InChI=1S/C18H14FN5OS/c19-11-2-3-15(24-5-1-4-21-24)12(8-11)13-9-16(25)20-10-14-17(13)23-6-7-26-18(23)22-14/h1-8,13H,9-10H2,(H,20,25)/t13-/m0/s1. The summed E-state index contributed by atoms with van der Waals surface area (Å²) in [6, 6.07) is 6.42. The van der Waals surface area contributed by atoms with Gasteiger partial charge in [0.1, 0.15) is 5.82 Å². The zero-order valence-electron chi connectivity index (χ0n) is 13.6. The second-order valence-electron chi connectivity index (χ2n) is 6.19. The van der Waals surface area contributed by atoms with Crippen LogP contribution in [0, 0.1) is 5.82 Å². The highest BCUT2D eigenvalue weighted by Crippen LogP contribution is 2.37. The zero-order valence-corrected chi connectivity index (χ0v) is 14.4. The summed E-state index contributed by atoms with van der Waals surface area (Å²) in [4.78, 5) is 17.8. The van der Waals surface area contributed by atoms with Gasteiger partial charge in [-0.15, -0.1) is 11.3 Å². The van der Waals surface area contributed by atoms with Crippen LogP contribution in [0.3, 0.4) is 0 Å². The first-order valence-electron chi connectivity index (χ1n) is 8.21. The van der Waals surface area contributed by atoms with Crippen molar-refractivity contribution in [2.75, 3.05) is 0 Å². The molecule has 8 heteroatoms. The summed E-state index contributed by atoms with van der Waals surface area (Å²) in [6.45, 7) is 0.380. The van der Waals surface area contributed by atoms with Gasteiger partial charge in [0, 0.05) is 36.3 Å². The largest absolute Gasteiger partial charge is 0.350 e. The second kappa shape index (κ2) is 5.77. The predicted octanol–water partition coefficient (Wildman–Crippen LogP) is 2.87. The van der Waals surface area contributed by atoms with Crippen LogP contribution in [0.4, 0.5) is 4.39 Å². The lowest BCUT2D eigenvalue weighted by Gasteiger charge is -2.19. The molecule has 1 amide bonds. The van der Waals surface area contributed by atoms with Crippen molar-refractivity contribution in [2.24, 2.45) is 0 Å². The minimum atomic E-state index is -0.340. The van der Waals surface area contributed by atoms with Gasteiger partial charge in [-0.25, -0.2) is 14.1 Å². The van der Waals surface area contributed by atoms with Crippen LogP contribution in [-0.4, -0.2) is 25.1 Å². The molecule has 5 rings (SSSR count). The third-order valence-electron chi connectivity index (χ3n) is 4.66. The number of imidazole rings is 1. The third-order valence-corrected chi connectivity index (χ3v) is 5.42. The van der Waals surface area contributed by atoms with E-state index in [4.69, 9.17) is 0 Å². The summed E-state index contributed by atoms with van der Waals surface area (Å²) in [6.07, 6.45) is 5.66. The van der Waals surface area contributed by atoms with E-state index in [1.807, 2.05) is 28.2 Å². The molecule has 1 aromatic carbocycles. The van der Waals surface area contributed by atoms with Crippen molar-refractivity contribution < 1.29 is 9.18 Å². The summed E-state index contributed by atoms with van der Waals surface area (Å²) in [5.41, 5.74) is 3.23. The van der Waals surface area contributed by atoms with Gasteiger partial charge in [0.15, 0.2) is 4.96 Å². The molecule has 0 spiro atoms. The molecule has 4 aromatic rings. The Morgan fingerprint density at radius 3 is 3.08 bits per heavy atom. The molecule has 4 heterocycles. The van der Waals surface area contributed by atoms with E-state index in [0.29, 0.717) is 6.54 Å². The van der Waals surface area contributed by atoms with Gasteiger partial charge in [0.2, 0.25) is 5.91 Å². The predicted molar refractivity (Wildman–Crippen MR) is 94.9 cm³/mol. The monoisotopic (exact) mass is 367 g/mol. The highest BCUT2D eigenvalue weighted by Gasteiger charge is 2.31. The molecule has 3 aromatic heterocycles. The summed E-state index contributed by atoms with van der Waals surface area (Å²) in [5, 5.41) is 9.14. The summed E-state index contributed by atoms with van der Waals surface area (Å²) >= 11 is 1.54. The van der Waals surface area contributed by atoms with Gasteiger partial charge in [0.25, 0.3) is 0 Å². The molecule has 0 fully saturated rings. The molecule has 26 heavy (non-hydrogen) atoms. The van der Waals surface area contributed by atoms with Gasteiger partial charge in [-0.1, -0.05) is 0 Å². The van der Waals surface area contributed by atoms with Gasteiger partial charge in [-0.05, 0) is 29.8 Å². The number of nitrogens with zero attached hydrogens (tertiary/aromatic N) is 4. The van der Waals surface area contributed by atoms with E-state index >= 15 is 0 Å². The van der Waals surface area contributed by atoms with Gasteiger partial charge in [-0.2, -0.15) is 5.10 Å². The highest BCUT2D eigenvalue weighted by atomic mass is 32.1. The Hall–Kier alpha value is -3.00. The van der Waals surface area contributed by atoms with E-state index in [1.165, 1.54) is 23.5 Å². The Balaban J connectivity index is 1.77. The van der Waals surface area contributed by atoms with Crippen LogP contribution < -0.4 is 5.32 Å². The SMILES string of the molecule is O=C1C[C@@H](c2cc(F)ccc2-n2cccn2)c2c(nc3sccn23)CN1. The molecule has 0 radical (unpaired) electrons. The minimum Gasteiger partial charge on any atom is -0.350 e. The van der Waals surface area contributed by atoms with Crippen molar-refractivity contribution in [1.29, 1.82) is 0 Å². The van der Waals surface area contributed by atoms with Crippen LogP contribution in [0.2, 0.25) is 0 Å². The lowest BCUT2D eigenvalue weighted by atomic mass is 9.90. The van der Waals surface area contributed by atoms with Crippen LogP contribution in [0.1, 0.15) is 29.3 Å². The molecule has 1 aliphatic heterocycles. The van der Waals surface area contributed by atoms with Gasteiger partial charge < -0.3 is 5.32 Å². The van der Waals surface area contributed by atoms with Crippen molar-refractivity contribution in [3.8, 4) is 5.69 Å². The topological polar surface area (TPSA) is 64.2 Å². The molecule has 130 valence electrons. The molecule has 0 bridgehead atoms. The highest BCUT2D eigenvalue weighted by molar-refractivity contribution is 7.15. The molecule has 1 aliphatic rings. The molecular formula is C18H14FN5OS. The Kier molecular flexibility index (Phi) is 3.39. The van der Waals surface area contributed by atoms with E-state index in [9.17, 15) is 9.18 Å². The van der Waals surface area contributed by atoms with Crippen LogP contribution in [-0.2, 0) is 11.3 Å². The molecule has 1 N–H and O–H groups in total. The Morgan fingerprint density at radius 1 is 1.31 bits per heavy atom. The van der Waals surface area contributed by atoms with Crippen molar-refractivity contribution in [1.82, 2.24) is 24.5 Å². The quantitative estimate of drug-likeness (QED) is 0.593.